The number of carbonyl (C=O) groups excluding carboxylic acids is 2. The number of carboxylic acid groups (broad SMARTS) is 1. The van der Waals surface area contributed by atoms with Gasteiger partial charge in [-0.25, -0.2) is 4.79 Å². The van der Waals surface area contributed by atoms with Gasteiger partial charge in [0.1, 0.15) is 12.1 Å². The molecule has 34 heavy (non-hydrogen) atoms. The second-order valence-electron chi connectivity index (χ2n) is 7.90. The van der Waals surface area contributed by atoms with Crippen LogP contribution in [-0.4, -0.2) is 53.5 Å². The Morgan fingerprint density at radius 2 is 1.32 bits per heavy atom. The van der Waals surface area contributed by atoms with Gasteiger partial charge in [0.2, 0.25) is 11.8 Å². The van der Waals surface area contributed by atoms with Crippen LogP contribution in [0.1, 0.15) is 24.0 Å². The molecule has 10 nitrogen and oxygen atoms in total. The van der Waals surface area contributed by atoms with Gasteiger partial charge in [-0.3, -0.25) is 14.6 Å². The summed E-state index contributed by atoms with van der Waals surface area (Å²) in [6.45, 7) is 0.330. The standard InChI is InChI=1S/C24H32N6O4/c25-18(12-7-13-28-24(26)27)21(31)29-19(14-16-8-3-1-4-9-16)22(32)30-20(23(33)34)15-17-10-5-2-6-11-17/h1-6,8-11,18-20H,7,12-15,25H2,(H,29,31)(H,30,32)(H,33,34)(H4,26,27,28)/t18-,19+,20+/m1/s1. The fourth-order valence-electron chi connectivity index (χ4n) is 3.31. The van der Waals surface area contributed by atoms with Gasteiger partial charge < -0.3 is 32.9 Å². The number of carboxylic acids is 1. The highest BCUT2D eigenvalue weighted by Crippen LogP contribution is 2.08. The molecule has 2 rings (SSSR count). The van der Waals surface area contributed by atoms with Crippen LogP contribution in [0.15, 0.2) is 65.7 Å². The van der Waals surface area contributed by atoms with Gasteiger partial charge in [0.25, 0.3) is 0 Å². The van der Waals surface area contributed by atoms with Crippen LogP contribution in [0.2, 0.25) is 0 Å². The normalized spacial score (nSPS) is 13.2. The van der Waals surface area contributed by atoms with E-state index < -0.39 is 35.9 Å². The third-order valence-electron chi connectivity index (χ3n) is 5.12. The minimum absolute atomic E-state index is 0.0406. The first-order valence-corrected chi connectivity index (χ1v) is 11.0. The van der Waals surface area contributed by atoms with Crippen molar-refractivity contribution in [1.29, 1.82) is 0 Å². The number of benzene rings is 2. The summed E-state index contributed by atoms with van der Waals surface area (Å²) in [5, 5.41) is 14.9. The Bertz CT molecular complexity index is 964. The Kier molecular flexibility index (Phi) is 10.5. The Hall–Kier alpha value is -3.92. The monoisotopic (exact) mass is 468 g/mol. The third-order valence-corrected chi connectivity index (χ3v) is 5.12. The molecule has 0 radical (unpaired) electrons. The molecule has 3 atom stereocenters. The van der Waals surface area contributed by atoms with Gasteiger partial charge in [0, 0.05) is 19.4 Å². The van der Waals surface area contributed by atoms with Crippen molar-refractivity contribution in [3.63, 3.8) is 0 Å². The quantitative estimate of drug-likeness (QED) is 0.135. The fourth-order valence-corrected chi connectivity index (χ4v) is 3.31. The van der Waals surface area contributed by atoms with E-state index in [1.165, 1.54) is 0 Å². The summed E-state index contributed by atoms with van der Waals surface area (Å²) in [6.07, 6.45) is 1.09. The first kappa shape index (κ1) is 26.3. The van der Waals surface area contributed by atoms with E-state index in [1.807, 2.05) is 36.4 Å². The Morgan fingerprint density at radius 3 is 1.82 bits per heavy atom. The molecule has 0 aromatic heterocycles. The summed E-state index contributed by atoms with van der Waals surface area (Å²) >= 11 is 0. The van der Waals surface area contributed by atoms with Gasteiger partial charge in [-0.05, 0) is 24.0 Å². The van der Waals surface area contributed by atoms with Crippen LogP contribution in [0, 0.1) is 0 Å². The van der Waals surface area contributed by atoms with Gasteiger partial charge in [-0.15, -0.1) is 0 Å². The topological polar surface area (TPSA) is 186 Å². The molecule has 10 heteroatoms. The van der Waals surface area contributed by atoms with Gasteiger partial charge in [0.05, 0.1) is 6.04 Å². The summed E-state index contributed by atoms with van der Waals surface area (Å²) < 4.78 is 0. The average Bonchev–Trinajstić information content (AvgIpc) is 2.81. The van der Waals surface area contributed by atoms with Crippen molar-refractivity contribution in [1.82, 2.24) is 10.6 Å². The van der Waals surface area contributed by atoms with E-state index in [-0.39, 0.29) is 18.8 Å². The van der Waals surface area contributed by atoms with Crippen LogP contribution < -0.4 is 27.8 Å². The van der Waals surface area contributed by atoms with Crippen molar-refractivity contribution in [2.75, 3.05) is 6.54 Å². The van der Waals surface area contributed by atoms with Crippen molar-refractivity contribution >= 4 is 23.7 Å². The van der Waals surface area contributed by atoms with Gasteiger partial charge in [0.15, 0.2) is 5.96 Å². The average molecular weight is 469 g/mol. The van der Waals surface area contributed by atoms with E-state index in [0.717, 1.165) is 11.1 Å². The van der Waals surface area contributed by atoms with Crippen molar-refractivity contribution in [3.8, 4) is 0 Å². The van der Waals surface area contributed by atoms with Crippen LogP contribution in [0.3, 0.4) is 0 Å². The zero-order chi connectivity index (χ0) is 24.9. The molecule has 0 saturated carbocycles. The van der Waals surface area contributed by atoms with Crippen LogP contribution in [0.4, 0.5) is 0 Å². The van der Waals surface area contributed by atoms with E-state index in [2.05, 4.69) is 15.6 Å². The number of rotatable bonds is 13. The minimum Gasteiger partial charge on any atom is -0.480 e. The second kappa shape index (κ2) is 13.6. The molecule has 2 aromatic carbocycles. The first-order chi connectivity index (χ1) is 16.3. The Morgan fingerprint density at radius 1 is 0.824 bits per heavy atom. The molecular weight excluding hydrogens is 436 g/mol. The molecule has 0 aliphatic rings. The number of nitrogens with one attached hydrogen (secondary N) is 2. The maximum absolute atomic E-state index is 13.1. The van der Waals surface area contributed by atoms with Gasteiger partial charge in [-0.1, -0.05) is 60.7 Å². The molecule has 2 aromatic rings. The largest absolute Gasteiger partial charge is 0.480 e. The SMILES string of the molecule is NC(N)=NCCC[C@@H](N)C(=O)N[C@@H](Cc1ccccc1)C(=O)N[C@@H](Cc1ccccc1)C(=O)O. The zero-order valence-electron chi connectivity index (χ0n) is 18.9. The molecule has 182 valence electrons. The lowest BCUT2D eigenvalue weighted by molar-refractivity contribution is -0.142. The van der Waals surface area contributed by atoms with Crippen molar-refractivity contribution in [2.45, 2.75) is 43.8 Å². The van der Waals surface area contributed by atoms with E-state index in [4.69, 9.17) is 17.2 Å². The summed E-state index contributed by atoms with van der Waals surface area (Å²) in [5.74, 6) is -2.33. The number of nitrogens with two attached hydrogens (primary N) is 3. The van der Waals surface area contributed by atoms with Crippen molar-refractivity contribution in [2.24, 2.45) is 22.2 Å². The molecule has 2 amide bonds. The molecule has 0 aliphatic heterocycles. The first-order valence-electron chi connectivity index (χ1n) is 11.0. The van der Waals surface area contributed by atoms with E-state index in [0.29, 0.717) is 19.4 Å². The summed E-state index contributed by atoms with van der Waals surface area (Å²) in [4.78, 5) is 41.4. The number of guanidine groups is 1. The number of aliphatic imine (C=N–C) groups is 1. The lowest BCUT2D eigenvalue weighted by Gasteiger charge is -2.23. The molecular formula is C24H32N6O4. The highest BCUT2D eigenvalue weighted by Gasteiger charge is 2.28. The van der Waals surface area contributed by atoms with Gasteiger partial charge >= 0.3 is 5.97 Å². The number of aliphatic carboxylic acids is 1. The molecule has 0 unspecified atom stereocenters. The Labute approximate surface area is 198 Å². The molecule has 0 saturated heterocycles. The number of hydrogen-bond acceptors (Lipinski definition) is 5. The number of amides is 2. The number of hydrogen-bond donors (Lipinski definition) is 6. The minimum atomic E-state index is -1.17. The maximum atomic E-state index is 13.1. The lowest BCUT2D eigenvalue weighted by Crippen LogP contribution is -2.55. The number of carbonyl (C=O) groups is 3. The summed E-state index contributed by atoms with van der Waals surface area (Å²) in [7, 11) is 0. The van der Waals surface area contributed by atoms with E-state index in [1.54, 1.807) is 24.3 Å². The van der Waals surface area contributed by atoms with Crippen molar-refractivity contribution < 1.29 is 19.5 Å². The molecule has 0 heterocycles. The Balaban J connectivity index is 2.08. The molecule has 0 fully saturated rings. The smallest absolute Gasteiger partial charge is 0.326 e. The van der Waals surface area contributed by atoms with Crippen LogP contribution >= 0.6 is 0 Å². The molecule has 9 N–H and O–H groups in total. The lowest BCUT2D eigenvalue weighted by atomic mass is 10.0. The third kappa shape index (κ3) is 9.29. The predicted molar refractivity (Wildman–Crippen MR) is 130 cm³/mol. The fraction of sp³-hybridized carbons (Fsp3) is 0.333. The predicted octanol–water partition coefficient (Wildman–Crippen LogP) is -0.0931. The zero-order valence-corrected chi connectivity index (χ0v) is 18.9. The molecule has 0 spiro atoms. The molecule has 0 bridgehead atoms. The second-order valence-corrected chi connectivity index (χ2v) is 7.90. The molecule has 0 aliphatic carbocycles. The highest BCUT2D eigenvalue weighted by atomic mass is 16.4. The van der Waals surface area contributed by atoms with Crippen molar-refractivity contribution in [3.05, 3.63) is 71.8 Å². The van der Waals surface area contributed by atoms with Crippen LogP contribution in [0.5, 0.6) is 0 Å². The number of nitrogens with zero attached hydrogens (tertiary/aromatic N) is 1. The summed E-state index contributed by atoms with van der Waals surface area (Å²) in [6, 6.07) is 15.1. The van der Waals surface area contributed by atoms with Crippen LogP contribution in [-0.2, 0) is 27.2 Å². The van der Waals surface area contributed by atoms with E-state index >= 15 is 0 Å². The van der Waals surface area contributed by atoms with Gasteiger partial charge in [-0.2, -0.15) is 0 Å². The maximum Gasteiger partial charge on any atom is 0.326 e. The summed E-state index contributed by atoms with van der Waals surface area (Å²) in [5.41, 5.74) is 18.1. The van der Waals surface area contributed by atoms with Crippen LogP contribution in [0.25, 0.3) is 0 Å². The highest BCUT2D eigenvalue weighted by molar-refractivity contribution is 5.92. The van der Waals surface area contributed by atoms with E-state index in [9.17, 15) is 19.5 Å².